The second-order valence-corrected chi connectivity index (χ2v) is 5.68. The van der Waals surface area contributed by atoms with E-state index in [0.717, 1.165) is 23.4 Å². The van der Waals surface area contributed by atoms with E-state index in [-0.39, 0.29) is 10.6 Å². The van der Waals surface area contributed by atoms with Gasteiger partial charge in [-0.1, -0.05) is 19.1 Å². The summed E-state index contributed by atoms with van der Waals surface area (Å²) in [6, 6.07) is 5.09. The lowest BCUT2D eigenvalue weighted by Gasteiger charge is -2.08. The van der Waals surface area contributed by atoms with Crippen molar-refractivity contribution in [2.24, 2.45) is 0 Å². The maximum Gasteiger partial charge on any atom is 0.292 e. The molecule has 0 aliphatic carbocycles. The van der Waals surface area contributed by atoms with Crippen molar-refractivity contribution < 1.29 is 4.92 Å². The van der Waals surface area contributed by atoms with Crippen LogP contribution in [0.5, 0.6) is 0 Å². The maximum atomic E-state index is 11.0. The van der Waals surface area contributed by atoms with E-state index < -0.39 is 0 Å². The highest BCUT2D eigenvalue weighted by molar-refractivity contribution is 7.11. The molecule has 20 heavy (non-hydrogen) atoms. The number of benzene rings is 1. The number of nitro benzene ring substituents is 1. The first-order valence-electron chi connectivity index (χ1n) is 6.53. The van der Waals surface area contributed by atoms with Gasteiger partial charge in [-0.2, -0.15) is 0 Å². The number of hydrogen-bond donors (Lipinski definition) is 1. The van der Waals surface area contributed by atoms with Crippen LogP contribution in [0.4, 0.5) is 11.4 Å². The molecule has 0 unspecified atom stereocenters. The highest BCUT2D eigenvalue weighted by Gasteiger charge is 2.14. The molecule has 2 aromatic rings. The molecule has 6 heteroatoms. The van der Waals surface area contributed by atoms with Crippen LogP contribution in [0.25, 0.3) is 0 Å². The lowest BCUT2D eigenvalue weighted by atomic mass is 10.1. The minimum Gasteiger partial charge on any atom is -0.379 e. The summed E-state index contributed by atoms with van der Waals surface area (Å²) in [5.41, 5.74) is 1.61. The first-order valence-corrected chi connectivity index (χ1v) is 7.35. The molecular formula is C14H17N3O2S. The van der Waals surface area contributed by atoms with Crippen LogP contribution in [0.15, 0.2) is 24.4 Å². The Kier molecular flexibility index (Phi) is 4.68. The van der Waals surface area contributed by atoms with Crippen LogP contribution in [0, 0.1) is 17.0 Å². The molecule has 0 aliphatic heterocycles. The minimum absolute atomic E-state index is 0.124. The quantitative estimate of drug-likeness (QED) is 0.652. The topological polar surface area (TPSA) is 68.1 Å². The Bertz CT molecular complexity index is 610. The van der Waals surface area contributed by atoms with Gasteiger partial charge in [0, 0.05) is 30.1 Å². The molecule has 0 bridgehead atoms. The average molecular weight is 291 g/mol. The Morgan fingerprint density at radius 3 is 2.90 bits per heavy atom. The zero-order valence-electron chi connectivity index (χ0n) is 11.5. The molecule has 0 aliphatic rings. The van der Waals surface area contributed by atoms with Gasteiger partial charge in [0.05, 0.1) is 9.93 Å². The third-order valence-corrected chi connectivity index (χ3v) is 4.24. The van der Waals surface area contributed by atoms with E-state index in [1.807, 2.05) is 19.2 Å². The van der Waals surface area contributed by atoms with E-state index in [9.17, 15) is 10.1 Å². The Labute approximate surface area is 121 Å². The van der Waals surface area contributed by atoms with Gasteiger partial charge in [0.1, 0.15) is 5.69 Å². The fraction of sp³-hybridized carbons (Fsp3) is 0.357. The molecule has 1 aromatic heterocycles. The summed E-state index contributed by atoms with van der Waals surface area (Å²) in [4.78, 5) is 16.3. The molecule has 5 nitrogen and oxygen atoms in total. The Morgan fingerprint density at radius 2 is 2.25 bits per heavy atom. The minimum atomic E-state index is -0.353. The molecule has 0 radical (unpaired) electrons. The molecule has 1 aromatic carbocycles. The third kappa shape index (κ3) is 3.33. The first kappa shape index (κ1) is 14.5. The van der Waals surface area contributed by atoms with Gasteiger partial charge in [-0.15, -0.1) is 11.3 Å². The Morgan fingerprint density at radius 1 is 1.45 bits per heavy atom. The van der Waals surface area contributed by atoms with Crippen LogP contribution in [-0.4, -0.2) is 16.5 Å². The van der Waals surface area contributed by atoms with Crippen molar-refractivity contribution in [1.29, 1.82) is 0 Å². The predicted octanol–water partition coefficient (Wildman–Crippen LogP) is 3.58. The van der Waals surface area contributed by atoms with E-state index in [2.05, 4.69) is 17.2 Å². The Hall–Kier alpha value is -1.95. The van der Waals surface area contributed by atoms with Gasteiger partial charge in [-0.25, -0.2) is 4.98 Å². The van der Waals surface area contributed by atoms with Crippen LogP contribution in [0.3, 0.4) is 0 Å². The average Bonchev–Trinajstić information content (AvgIpc) is 2.88. The van der Waals surface area contributed by atoms with Gasteiger partial charge in [0.25, 0.3) is 5.69 Å². The van der Waals surface area contributed by atoms with Gasteiger partial charge in [-0.3, -0.25) is 10.1 Å². The van der Waals surface area contributed by atoms with E-state index >= 15 is 0 Å². The third-order valence-electron chi connectivity index (χ3n) is 3.04. The van der Waals surface area contributed by atoms with Gasteiger partial charge in [0.15, 0.2) is 0 Å². The lowest BCUT2D eigenvalue weighted by molar-refractivity contribution is -0.384. The molecule has 106 valence electrons. The standard InChI is InChI=1S/C14H17N3O2S/c1-3-11-9-16-13(20-11)7-8-15-14-10(2)5-4-6-12(14)17(18)19/h4-6,9,15H,3,7-8H2,1-2H3. The number of anilines is 1. The van der Waals surface area contributed by atoms with Crippen molar-refractivity contribution >= 4 is 22.7 Å². The zero-order chi connectivity index (χ0) is 14.5. The summed E-state index contributed by atoms with van der Waals surface area (Å²) in [6.07, 6.45) is 3.67. The molecule has 0 atom stereocenters. The molecule has 0 saturated heterocycles. The normalized spacial score (nSPS) is 10.5. The molecule has 1 N–H and O–H groups in total. The molecule has 1 heterocycles. The molecular weight excluding hydrogens is 274 g/mol. The summed E-state index contributed by atoms with van der Waals surface area (Å²) in [5.74, 6) is 0. The van der Waals surface area contributed by atoms with Gasteiger partial charge >= 0.3 is 0 Å². The number of aryl methyl sites for hydroxylation is 2. The largest absolute Gasteiger partial charge is 0.379 e. The predicted molar refractivity (Wildman–Crippen MR) is 81.5 cm³/mol. The first-order chi connectivity index (χ1) is 9.61. The fourth-order valence-corrected chi connectivity index (χ4v) is 2.82. The van der Waals surface area contributed by atoms with E-state index in [4.69, 9.17) is 0 Å². The summed E-state index contributed by atoms with van der Waals surface area (Å²) in [5, 5.41) is 15.2. The van der Waals surface area contributed by atoms with Gasteiger partial charge in [0.2, 0.25) is 0 Å². The molecule has 0 amide bonds. The highest BCUT2D eigenvalue weighted by Crippen LogP contribution is 2.27. The number of aromatic nitrogens is 1. The SMILES string of the molecule is CCc1cnc(CCNc2c(C)cccc2[N+](=O)[O-])s1. The van der Waals surface area contributed by atoms with E-state index in [1.54, 1.807) is 17.4 Å². The van der Waals surface area contributed by atoms with Crippen LogP contribution in [0.1, 0.15) is 22.4 Å². The highest BCUT2D eigenvalue weighted by atomic mass is 32.1. The Balaban J connectivity index is 2.02. The summed E-state index contributed by atoms with van der Waals surface area (Å²) in [6.45, 7) is 4.61. The number of nitrogens with zero attached hydrogens (tertiary/aromatic N) is 2. The lowest BCUT2D eigenvalue weighted by Crippen LogP contribution is -2.08. The number of para-hydroxylation sites is 1. The van der Waals surface area contributed by atoms with Crippen LogP contribution >= 0.6 is 11.3 Å². The van der Waals surface area contributed by atoms with E-state index in [1.165, 1.54) is 10.9 Å². The number of hydrogen-bond acceptors (Lipinski definition) is 5. The number of nitrogens with one attached hydrogen (secondary N) is 1. The molecule has 2 rings (SSSR count). The maximum absolute atomic E-state index is 11.0. The smallest absolute Gasteiger partial charge is 0.292 e. The summed E-state index contributed by atoms with van der Waals surface area (Å²) < 4.78 is 0. The van der Waals surface area contributed by atoms with Crippen molar-refractivity contribution in [3.63, 3.8) is 0 Å². The number of nitro groups is 1. The monoisotopic (exact) mass is 291 g/mol. The van der Waals surface area contributed by atoms with Crippen molar-refractivity contribution in [3.8, 4) is 0 Å². The van der Waals surface area contributed by atoms with Crippen molar-refractivity contribution in [1.82, 2.24) is 4.98 Å². The molecule has 0 spiro atoms. The van der Waals surface area contributed by atoms with Crippen LogP contribution < -0.4 is 5.32 Å². The second-order valence-electron chi connectivity index (χ2n) is 4.48. The zero-order valence-corrected chi connectivity index (χ0v) is 12.4. The van der Waals surface area contributed by atoms with Crippen LogP contribution in [-0.2, 0) is 12.8 Å². The molecule has 0 saturated carbocycles. The number of rotatable bonds is 6. The van der Waals surface area contributed by atoms with Crippen molar-refractivity contribution in [2.75, 3.05) is 11.9 Å². The summed E-state index contributed by atoms with van der Waals surface area (Å²) in [7, 11) is 0. The van der Waals surface area contributed by atoms with Gasteiger partial charge in [-0.05, 0) is 18.9 Å². The van der Waals surface area contributed by atoms with Gasteiger partial charge < -0.3 is 5.32 Å². The van der Waals surface area contributed by atoms with E-state index in [0.29, 0.717) is 12.2 Å². The van der Waals surface area contributed by atoms with Crippen molar-refractivity contribution in [2.45, 2.75) is 26.7 Å². The summed E-state index contributed by atoms with van der Waals surface area (Å²) >= 11 is 1.70. The molecule has 0 fully saturated rings. The number of thiazole rings is 1. The van der Waals surface area contributed by atoms with Crippen LogP contribution in [0.2, 0.25) is 0 Å². The van der Waals surface area contributed by atoms with Crippen molar-refractivity contribution in [3.05, 3.63) is 50.0 Å². The fourth-order valence-electron chi connectivity index (χ4n) is 1.96. The second kappa shape index (κ2) is 6.47.